The van der Waals surface area contributed by atoms with Crippen LogP contribution in [0.2, 0.25) is 0 Å². The van der Waals surface area contributed by atoms with Crippen molar-refractivity contribution in [2.45, 2.75) is 6.42 Å². The summed E-state index contributed by atoms with van der Waals surface area (Å²) in [5, 5.41) is 0. The number of morpholine rings is 1. The molecule has 142 valence electrons. The van der Waals surface area contributed by atoms with Gasteiger partial charge in [-0.2, -0.15) is 0 Å². The Bertz CT molecular complexity index is 770. The maximum absolute atomic E-state index is 11.9. The van der Waals surface area contributed by atoms with E-state index in [1.807, 2.05) is 0 Å². The summed E-state index contributed by atoms with van der Waals surface area (Å²) in [5.41, 5.74) is 10.6. The minimum Gasteiger partial charge on any atom is -0.491 e. The molecule has 3 N–H and O–H groups in total. The first-order valence-electron chi connectivity index (χ1n) is 8.65. The van der Waals surface area contributed by atoms with Crippen molar-refractivity contribution in [1.29, 1.82) is 0 Å². The van der Waals surface area contributed by atoms with Crippen molar-refractivity contribution in [3.8, 4) is 5.75 Å². The Morgan fingerprint density at radius 3 is 2.85 bits per heavy atom. The highest BCUT2D eigenvalue weighted by atomic mass is 16.5. The first kappa shape index (κ1) is 18.3. The fourth-order valence-electron chi connectivity index (χ4n) is 3.06. The van der Waals surface area contributed by atoms with Gasteiger partial charge in [-0.05, 0) is 18.6 Å². The number of nitrogens with two attached hydrogens (primary N) is 1. The molecule has 1 aliphatic rings. The molecule has 0 radical (unpaired) electrons. The molecule has 3 rings (SSSR count). The number of nitrogen functional groups attached to an aromatic ring is 1. The van der Waals surface area contributed by atoms with Gasteiger partial charge in [-0.3, -0.25) is 4.90 Å². The van der Waals surface area contributed by atoms with Gasteiger partial charge in [-0.15, -0.1) is 0 Å². The van der Waals surface area contributed by atoms with E-state index in [4.69, 9.17) is 19.9 Å². The number of esters is 1. The van der Waals surface area contributed by atoms with Crippen LogP contribution < -0.4 is 15.9 Å². The minimum atomic E-state index is -0.442. The SMILES string of the molecule is CNn1c(N)nc2cc(C(=O)OC)cc(OCCCN3CCOCC3)c21. The van der Waals surface area contributed by atoms with Crippen molar-refractivity contribution < 1.29 is 19.0 Å². The van der Waals surface area contributed by atoms with Gasteiger partial charge >= 0.3 is 5.97 Å². The lowest BCUT2D eigenvalue weighted by Crippen LogP contribution is -2.37. The zero-order chi connectivity index (χ0) is 18.5. The van der Waals surface area contributed by atoms with Crippen LogP contribution in [0.5, 0.6) is 5.75 Å². The molecule has 1 saturated heterocycles. The summed E-state index contributed by atoms with van der Waals surface area (Å²) in [6, 6.07) is 3.31. The number of methoxy groups -OCH3 is 1. The average molecular weight is 363 g/mol. The van der Waals surface area contributed by atoms with Gasteiger partial charge in [0, 0.05) is 26.7 Å². The van der Waals surface area contributed by atoms with Crippen LogP contribution in [0.3, 0.4) is 0 Å². The van der Waals surface area contributed by atoms with Crippen LogP contribution in [0.4, 0.5) is 5.95 Å². The molecule has 2 aromatic rings. The second-order valence-corrected chi connectivity index (χ2v) is 6.02. The number of carbonyl (C=O) groups is 1. The lowest BCUT2D eigenvalue weighted by molar-refractivity contribution is 0.0358. The van der Waals surface area contributed by atoms with Crippen LogP contribution in [0, 0.1) is 0 Å². The number of hydrogen-bond donors (Lipinski definition) is 2. The Kier molecular flexibility index (Phi) is 5.79. The monoisotopic (exact) mass is 363 g/mol. The molecule has 9 nitrogen and oxygen atoms in total. The fourth-order valence-corrected chi connectivity index (χ4v) is 3.06. The van der Waals surface area contributed by atoms with Gasteiger partial charge in [-0.1, -0.05) is 0 Å². The van der Waals surface area contributed by atoms with Gasteiger partial charge in [0.2, 0.25) is 5.95 Å². The smallest absolute Gasteiger partial charge is 0.338 e. The Balaban J connectivity index is 1.76. The number of carbonyl (C=O) groups excluding carboxylic acids is 1. The van der Waals surface area contributed by atoms with Crippen LogP contribution in [-0.2, 0) is 9.47 Å². The van der Waals surface area contributed by atoms with Gasteiger partial charge < -0.3 is 25.4 Å². The van der Waals surface area contributed by atoms with Crippen molar-refractivity contribution >= 4 is 23.0 Å². The molecule has 26 heavy (non-hydrogen) atoms. The largest absolute Gasteiger partial charge is 0.491 e. The van der Waals surface area contributed by atoms with Gasteiger partial charge in [0.05, 0.1) is 38.0 Å². The highest BCUT2D eigenvalue weighted by Gasteiger charge is 2.18. The zero-order valence-corrected chi connectivity index (χ0v) is 15.2. The molecule has 0 bridgehead atoms. The molecule has 1 aromatic heterocycles. The van der Waals surface area contributed by atoms with Crippen LogP contribution in [0.15, 0.2) is 12.1 Å². The first-order chi connectivity index (χ1) is 12.6. The van der Waals surface area contributed by atoms with E-state index in [1.54, 1.807) is 23.9 Å². The van der Waals surface area contributed by atoms with E-state index in [1.165, 1.54) is 7.11 Å². The third-order valence-electron chi connectivity index (χ3n) is 4.37. The minimum absolute atomic E-state index is 0.294. The number of fused-ring (bicyclic) bond motifs is 1. The number of hydrogen-bond acceptors (Lipinski definition) is 8. The third kappa shape index (κ3) is 3.83. The number of nitrogens with one attached hydrogen (secondary N) is 1. The molecular formula is C17H25N5O4. The summed E-state index contributed by atoms with van der Waals surface area (Å²) >= 11 is 0. The van der Waals surface area contributed by atoms with Crippen LogP contribution >= 0.6 is 0 Å². The Labute approximate surface area is 152 Å². The number of ether oxygens (including phenoxy) is 3. The fraction of sp³-hybridized carbons (Fsp3) is 0.529. The Morgan fingerprint density at radius 2 is 2.15 bits per heavy atom. The lowest BCUT2D eigenvalue weighted by Gasteiger charge is -2.26. The number of imidazole rings is 1. The summed E-state index contributed by atoms with van der Waals surface area (Å²) in [5.74, 6) is 0.397. The van der Waals surface area contributed by atoms with Crippen molar-refractivity contribution in [3.63, 3.8) is 0 Å². The molecule has 0 atom stereocenters. The van der Waals surface area contributed by atoms with E-state index >= 15 is 0 Å². The van der Waals surface area contributed by atoms with Gasteiger partial charge in [0.1, 0.15) is 11.3 Å². The standard InChI is InChI=1S/C17H25N5O4/c1-19-22-15-13(20-17(22)18)10-12(16(23)24-2)11-14(15)26-7-3-4-21-5-8-25-9-6-21/h10-11,19H,3-9H2,1-2H3,(H2,18,20). The van der Waals surface area contributed by atoms with Crippen molar-refractivity contribution in [3.05, 3.63) is 17.7 Å². The normalized spacial score (nSPS) is 15.2. The highest BCUT2D eigenvalue weighted by molar-refractivity contribution is 5.96. The van der Waals surface area contributed by atoms with E-state index < -0.39 is 5.97 Å². The predicted molar refractivity (Wildman–Crippen MR) is 98.1 cm³/mol. The van der Waals surface area contributed by atoms with Crippen LogP contribution in [-0.4, -0.2) is 74.1 Å². The van der Waals surface area contributed by atoms with E-state index in [-0.39, 0.29) is 0 Å². The molecule has 0 aliphatic carbocycles. The molecule has 0 amide bonds. The van der Waals surface area contributed by atoms with Crippen molar-refractivity contribution in [1.82, 2.24) is 14.6 Å². The van der Waals surface area contributed by atoms with Crippen LogP contribution in [0.25, 0.3) is 11.0 Å². The first-order valence-corrected chi connectivity index (χ1v) is 8.65. The summed E-state index contributed by atoms with van der Waals surface area (Å²) in [4.78, 5) is 18.6. The predicted octanol–water partition coefficient (Wildman–Crippen LogP) is 0.680. The Morgan fingerprint density at radius 1 is 1.38 bits per heavy atom. The molecule has 0 spiro atoms. The topological polar surface area (TPSA) is 104 Å². The van der Waals surface area contributed by atoms with E-state index in [0.717, 1.165) is 39.3 Å². The number of anilines is 1. The summed E-state index contributed by atoms with van der Waals surface area (Å²) in [6.45, 7) is 4.92. The number of benzene rings is 1. The highest BCUT2D eigenvalue weighted by Crippen LogP contribution is 2.29. The third-order valence-corrected chi connectivity index (χ3v) is 4.37. The number of rotatable bonds is 7. The number of aromatic nitrogens is 2. The Hall–Kier alpha value is -2.52. The van der Waals surface area contributed by atoms with Crippen LogP contribution in [0.1, 0.15) is 16.8 Å². The van der Waals surface area contributed by atoms with Gasteiger partial charge in [-0.25, -0.2) is 14.5 Å². The van der Waals surface area contributed by atoms with Gasteiger partial charge in [0.25, 0.3) is 0 Å². The zero-order valence-electron chi connectivity index (χ0n) is 15.2. The van der Waals surface area contributed by atoms with E-state index in [2.05, 4.69) is 15.3 Å². The van der Waals surface area contributed by atoms with E-state index in [0.29, 0.717) is 34.9 Å². The maximum atomic E-state index is 11.9. The van der Waals surface area contributed by atoms with Gasteiger partial charge in [0.15, 0.2) is 0 Å². The lowest BCUT2D eigenvalue weighted by atomic mass is 10.2. The van der Waals surface area contributed by atoms with E-state index in [9.17, 15) is 4.79 Å². The molecule has 9 heteroatoms. The maximum Gasteiger partial charge on any atom is 0.338 e. The summed E-state index contributed by atoms with van der Waals surface area (Å²) in [6.07, 6.45) is 0.868. The average Bonchev–Trinajstić information content (AvgIpc) is 3.00. The second-order valence-electron chi connectivity index (χ2n) is 6.02. The second kappa shape index (κ2) is 8.24. The summed E-state index contributed by atoms with van der Waals surface area (Å²) in [7, 11) is 3.09. The molecule has 1 aliphatic heterocycles. The van der Waals surface area contributed by atoms with Crippen molar-refractivity contribution in [2.24, 2.45) is 0 Å². The molecule has 0 unspecified atom stereocenters. The summed E-state index contributed by atoms with van der Waals surface area (Å²) < 4.78 is 17.8. The molecular weight excluding hydrogens is 338 g/mol. The molecule has 2 heterocycles. The molecule has 1 aromatic carbocycles. The quantitative estimate of drug-likeness (QED) is 0.547. The van der Waals surface area contributed by atoms with Crippen molar-refractivity contribution in [2.75, 3.05) is 64.8 Å². The molecule has 1 fully saturated rings. The molecule has 0 saturated carbocycles. The number of nitrogens with zero attached hydrogens (tertiary/aromatic N) is 3.